The minimum Gasteiger partial charge on any atom is -0.382 e. The van der Waals surface area contributed by atoms with Crippen LogP contribution in [0.4, 0.5) is 0 Å². The van der Waals surface area contributed by atoms with E-state index in [4.69, 9.17) is 9.47 Å². The first-order valence-corrected chi connectivity index (χ1v) is 4.72. The molecule has 1 N–H and O–H groups in total. The highest BCUT2D eigenvalue weighted by Crippen LogP contribution is 1.86. The van der Waals surface area contributed by atoms with E-state index >= 15 is 0 Å². The SMILES string of the molecule is CCOCCCOCCCNC.[HH]. The van der Waals surface area contributed by atoms with Crippen molar-refractivity contribution < 1.29 is 10.9 Å². The Morgan fingerprint density at radius 2 is 1.75 bits per heavy atom. The minimum atomic E-state index is 0. The Morgan fingerprint density at radius 3 is 2.42 bits per heavy atom. The molecule has 0 saturated carbocycles. The molecule has 0 saturated heterocycles. The lowest BCUT2D eigenvalue weighted by molar-refractivity contribution is 0.0870. The Kier molecular flexibility index (Phi) is 10.8. The molecule has 3 heteroatoms. The van der Waals surface area contributed by atoms with Crippen LogP contribution in [0.2, 0.25) is 0 Å². The van der Waals surface area contributed by atoms with Gasteiger partial charge in [-0.25, -0.2) is 0 Å². The Balaban J connectivity index is 0. The van der Waals surface area contributed by atoms with Crippen LogP contribution < -0.4 is 5.32 Å². The Labute approximate surface area is 76.9 Å². The monoisotopic (exact) mass is 177 g/mol. The van der Waals surface area contributed by atoms with E-state index in [2.05, 4.69) is 5.32 Å². The van der Waals surface area contributed by atoms with E-state index in [1.54, 1.807) is 0 Å². The number of hydrogen-bond acceptors (Lipinski definition) is 3. The molecule has 0 aromatic rings. The van der Waals surface area contributed by atoms with Crippen LogP contribution in [0.5, 0.6) is 0 Å². The maximum Gasteiger partial charge on any atom is 0.0487 e. The summed E-state index contributed by atoms with van der Waals surface area (Å²) in [6.07, 6.45) is 2.10. The van der Waals surface area contributed by atoms with Crippen LogP contribution >= 0.6 is 0 Å². The quantitative estimate of drug-likeness (QED) is 0.538. The van der Waals surface area contributed by atoms with Crippen molar-refractivity contribution in [2.24, 2.45) is 0 Å². The summed E-state index contributed by atoms with van der Waals surface area (Å²) in [5.74, 6) is 0. The van der Waals surface area contributed by atoms with Gasteiger partial charge in [-0.1, -0.05) is 0 Å². The largest absolute Gasteiger partial charge is 0.382 e. The smallest absolute Gasteiger partial charge is 0.0487 e. The first-order chi connectivity index (χ1) is 5.91. The normalized spacial score (nSPS) is 10.5. The maximum absolute atomic E-state index is 5.36. The second-order valence-corrected chi connectivity index (χ2v) is 2.62. The van der Waals surface area contributed by atoms with Crippen molar-refractivity contribution in [1.29, 1.82) is 0 Å². The topological polar surface area (TPSA) is 30.5 Å². The molecule has 0 heterocycles. The Hall–Kier alpha value is -0.120. The van der Waals surface area contributed by atoms with Crippen molar-refractivity contribution in [1.82, 2.24) is 5.32 Å². The highest BCUT2D eigenvalue weighted by molar-refractivity contribution is 4.40. The fraction of sp³-hybridized carbons (Fsp3) is 1.00. The van der Waals surface area contributed by atoms with E-state index in [0.29, 0.717) is 0 Å². The van der Waals surface area contributed by atoms with Gasteiger partial charge in [0.1, 0.15) is 0 Å². The molecule has 3 nitrogen and oxygen atoms in total. The fourth-order valence-electron chi connectivity index (χ4n) is 0.860. The molecule has 0 atom stereocenters. The molecular weight excluding hydrogens is 154 g/mol. The first-order valence-electron chi connectivity index (χ1n) is 4.72. The van der Waals surface area contributed by atoms with Crippen LogP contribution in [-0.2, 0) is 9.47 Å². The lowest BCUT2D eigenvalue weighted by atomic mass is 10.4. The zero-order valence-electron chi connectivity index (χ0n) is 8.27. The van der Waals surface area contributed by atoms with E-state index in [1.807, 2.05) is 14.0 Å². The predicted molar refractivity (Wildman–Crippen MR) is 52.6 cm³/mol. The molecule has 76 valence electrons. The summed E-state index contributed by atoms with van der Waals surface area (Å²) < 4.78 is 10.5. The maximum atomic E-state index is 5.36. The molecule has 0 spiro atoms. The molecule has 0 aliphatic heterocycles. The molecule has 0 unspecified atom stereocenters. The van der Waals surface area contributed by atoms with Gasteiger partial charge < -0.3 is 14.8 Å². The number of rotatable bonds is 9. The van der Waals surface area contributed by atoms with Crippen molar-refractivity contribution >= 4 is 0 Å². The minimum absolute atomic E-state index is 0. The second-order valence-electron chi connectivity index (χ2n) is 2.62. The molecule has 0 aliphatic carbocycles. The third kappa shape index (κ3) is 9.88. The zero-order valence-corrected chi connectivity index (χ0v) is 8.27. The summed E-state index contributed by atoms with van der Waals surface area (Å²) in [4.78, 5) is 0. The third-order valence-electron chi connectivity index (χ3n) is 1.50. The van der Waals surface area contributed by atoms with E-state index in [1.165, 1.54) is 0 Å². The fourth-order valence-corrected chi connectivity index (χ4v) is 0.860. The van der Waals surface area contributed by atoms with Crippen molar-refractivity contribution in [3.63, 3.8) is 0 Å². The average molecular weight is 177 g/mol. The summed E-state index contributed by atoms with van der Waals surface area (Å²) >= 11 is 0. The molecule has 0 amide bonds. The van der Waals surface area contributed by atoms with Gasteiger partial charge in [-0.05, 0) is 33.4 Å². The molecule has 0 radical (unpaired) electrons. The summed E-state index contributed by atoms with van der Waals surface area (Å²) in [6, 6.07) is 0. The molecule has 0 aromatic heterocycles. The van der Waals surface area contributed by atoms with Crippen LogP contribution in [0.15, 0.2) is 0 Å². The van der Waals surface area contributed by atoms with Crippen LogP contribution in [0, 0.1) is 0 Å². The molecule has 0 aliphatic rings. The van der Waals surface area contributed by atoms with Crippen LogP contribution in [0.25, 0.3) is 0 Å². The van der Waals surface area contributed by atoms with Gasteiger partial charge in [0, 0.05) is 27.9 Å². The molecule has 0 fully saturated rings. The van der Waals surface area contributed by atoms with Crippen molar-refractivity contribution in [3.8, 4) is 0 Å². The summed E-state index contributed by atoms with van der Waals surface area (Å²) in [6.45, 7) is 6.35. The highest BCUT2D eigenvalue weighted by Gasteiger charge is 1.88. The van der Waals surface area contributed by atoms with Gasteiger partial charge in [-0.15, -0.1) is 0 Å². The van der Waals surface area contributed by atoms with E-state index in [-0.39, 0.29) is 1.43 Å². The van der Waals surface area contributed by atoms with E-state index in [0.717, 1.165) is 45.8 Å². The molecule has 0 bridgehead atoms. The number of ether oxygens (including phenoxy) is 2. The summed E-state index contributed by atoms with van der Waals surface area (Å²) in [7, 11) is 1.95. The standard InChI is InChI=1S/C9H21NO2.H2/c1-3-11-8-5-9-12-7-4-6-10-2;/h10H,3-9H2,1-2H3;1H. The molecular formula is C9H23NO2. The second kappa shape index (κ2) is 10.9. The predicted octanol–water partition coefficient (Wildman–Crippen LogP) is 1.29. The van der Waals surface area contributed by atoms with Crippen molar-refractivity contribution in [3.05, 3.63) is 0 Å². The van der Waals surface area contributed by atoms with Crippen LogP contribution in [0.1, 0.15) is 21.2 Å². The molecule has 0 aromatic carbocycles. The van der Waals surface area contributed by atoms with Gasteiger partial charge >= 0.3 is 0 Å². The molecule has 0 rings (SSSR count). The first kappa shape index (κ1) is 11.9. The number of nitrogens with one attached hydrogen (secondary N) is 1. The van der Waals surface area contributed by atoms with Gasteiger partial charge in [0.25, 0.3) is 0 Å². The van der Waals surface area contributed by atoms with Crippen molar-refractivity contribution in [2.45, 2.75) is 19.8 Å². The van der Waals surface area contributed by atoms with Crippen LogP contribution in [0.3, 0.4) is 0 Å². The Morgan fingerprint density at radius 1 is 1.08 bits per heavy atom. The molecule has 12 heavy (non-hydrogen) atoms. The number of hydrogen-bond donors (Lipinski definition) is 1. The van der Waals surface area contributed by atoms with Gasteiger partial charge in [-0.3, -0.25) is 0 Å². The summed E-state index contributed by atoms with van der Waals surface area (Å²) in [5, 5.41) is 3.07. The van der Waals surface area contributed by atoms with Gasteiger partial charge in [-0.2, -0.15) is 0 Å². The van der Waals surface area contributed by atoms with E-state index < -0.39 is 0 Å². The van der Waals surface area contributed by atoms with E-state index in [9.17, 15) is 0 Å². The van der Waals surface area contributed by atoms with Crippen LogP contribution in [-0.4, -0.2) is 40.0 Å². The zero-order chi connectivity index (χ0) is 9.07. The van der Waals surface area contributed by atoms with Crippen molar-refractivity contribution in [2.75, 3.05) is 40.0 Å². The Bertz CT molecular complexity index is 74.0. The highest BCUT2D eigenvalue weighted by atomic mass is 16.5. The lowest BCUT2D eigenvalue weighted by Crippen LogP contribution is -2.11. The third-order valence-corrected chi connectivity index (χ3v) is 1.50. The van der Waals surface area contributed by atoms with Gasteiger partial charge in [0.15, 0.2) is 0 Å². The summed E-state index contributed by atoms with van der Waals surface area (Å²) in [5.41, 5.74) is 0. The lowest BCUT2D eigenvalue weighted by Gasteiger charge is -2.03. The van der Waals surface area contributed by atoms with Gasteiger partial charge in [0.05, 0.1) is 0 Å². The van der Waals surface area contributed by atoms with Gasteiger partial charge in [0.2, 0.25) is 0 Å². The average Bonchev–Trinajstić information content (AvgIpc) is 2.10.